The summed E-state index contributed by atoms with van der Waals surface area (Å²) in [6.07, 6.45) is 0.242. The van der Waals surface area contributed by atoms with Crippen molar-refractivity contribution in [1.82, 2.24) is 16.1 Å². The summed E-state index contributed by atoms with van der Waals surface area (Å²) >= 11 is 9.85. The monoisotopic (exact) mass is 731 g/mol. The van der Waals surface area contributed by atoms with Crippen molar-refractivity contribution in [3.8, 4) is 17.2 Å². The number of benzene rings is 3. The largest absolute Gasteiger partial charge is 0.490 e. The summed E-state index contributed by atoms with van der Waals surface area (Å²) in [5, 5.41) is 30.9. The molecule has 14 nitrogen and oxygen atoms in total. The number of allylic oxidation sites excluding steroid dienone is 1. The molecule has 3 aromatic carbocycles. The first-order valence-corrected chi connectivity index (χ1v) is 15.3. The van der Waals surface area contributed by atoms with Crippen molar-refractivity contribution in [1.29, 1.82) is 0 Å². The van der Waals surface area contributed by atoms with E-state index >= 15 is 0 Å². The number of nitrogens with zero attached hydrogens (tertiary/aromatic N) is 2. The molecular weight excluding hydrogens is 702 g/mol. The van der Waals surface area contributed by atoms with Crippen molar-refractivity contribution in [3.63, 3.8) is 0 Å². The van der Waals surface area contributed by atoms with Crippen LogP contribution in [0.25, 0.3) is 0 Å². The molecule has 0 unspecified atom stereocenters. The van der Waals surface area contributed by atoms with Crippen LogP contribution in [0, 0.1) is 10.1 Å². The molecule has 1 aliphatic heterocycles. The lowest BCUT2D eigenvalue weighted by atomic mass is 9.95. The Morgan fingerprint density at radius 2 is 1.91 bits per heavy atom. The third kappa shape index (κ3) is 9.12. The quantitative estimate of drug-likeness (QED) is 0.0572. The smallest absolute Gasteiger partial charge is 0.337 e. The average molecular weight is 733 g/mol. The maximum absolute atomic E-state index is 12.4. The van der Waals surface area contributed by atoms with E-state index in [1.54, 1.807) is 56.3 Å². The summed E-state index contributed by atoms with van der Waals surface area (Å²) in [7, 11) is 1.26. The maximum Gasteiger partial charge on any atom is 0.337 e. The lowest BCUT2D eigenvalue weighted by Gasteiger charge is -2.28. The van der Waals surface area contributed by atoms with Gasteiger partial charge in [-0.1, -0.05) is 17.7 Å². The number of esters is 1. The van der Waals surface area contributed by atoms with Crippen molar-refractivity contribution in [3.05, 3.63) is 102 Å². The Bertz CT molecular complexity index is 1680. The normalized spacial score (nSPS) is 15.0. The number of non-ortho nitro benzene ring substituents is 1. The van der Waals surface area contributed by atoms with Crippen LogP contribution in [0.3, 0.4) is 0 Å². The van der Waals surface area contributed by atoms with Gasteiger partial charge in [-0.2, -0.15) is 5.10 Å². The predicted molar refractivity (Wildman–Crippen MR) is 176 cm³/mol. The van der Waals surface area contributed by atoms with Crippen LogP contribution in [0.4, 0.5) is 10.5 Å². The van der Waals surface area contributed by atoms with Crippen LogP contribution >= 0.6 is 27.5 Å². The lowest BCUT2D eigenvalue weighted by molar-refractivity contribution is -0.384. The number of aliphatic hydroxyl groups is 1. The van der Waals surface area contributed by atoms with Gasteiger partial charge in [0.15, 0.2) is 23.5 Å². The Morgan fingerprint density at radius 3 is 2.57 bits per heavy atom. The second-order valence-electron chi connectivity index (χ2n) is 9.94. The zero-order chi connectivity index (χ0) is 34.1. The number of aliphatic hydroxyl groups excluding tert-OH is 1. The molecule has 0 spiro atoms. The van der Waals surface area contributed by atoms with Crippen LogP contribution in [-0.2, 0) is 16.1 Å². The summed E-state index contributed by atoms with van der Waals surface area (Å²) in [6.45, 7) is 3.65. The number of halogens is 2. The molecule has 0 aromatic heterocycles. The van der Waals surface area contributed by atoms with Gasteiger partial charge in [-0.25, -0.2) is 9.59 Å². The lowest BCUT2D eigenvalue weighted by Crippen LogP contribution is -2.45. The fourth-order valence-electron chi connectivity index (χ4n) is 4.48. The number of ether oxygens (including phenoxy) is 4. The minimum absolute atomic E-state index is 0.0131. The molecule has 2 atom stereocenters. The Balaban J connectivity index is 1.36. The number of carbonyl (C=O) groups excluding carboxylic acids is 2. The second-order valence-corrected chi connectivity index (χ2v) is 11.2. The molecule has 16 heteroatoms. The van der Waals surface area contributed by atoms with Gasteiger partial charge in [-0.05, 0) is 82.9 Å². The maximum atomic E-state index is 12.4. The molecule has 1 aliphatic rings. The minimum Gasteiger partial charge on any atom is -0.490 e. The van der Waals surface area contributed by atoms with Crippen molar-refractivity contribution >= 4 is 51.4 Å². The standard InChI is InChI=1S/C31H31BrClN5O9/c1-4-45-25-13-20(28-27(30(40)44-3)17(2)35-31(41)36-28)7-10-24(25)46-16-26(39)37-34-14-19-11-22(32)29(23(33)12-19)47-15-18-5-8-21(9-6-18)38(42)43/h5-14,26,28,37,39H,4,15-16H2,1-3H3,(H2,35,36,41)/b34-14-/t26-,28+/m0/s1. The van der Waals surface area contributed by atoms with E-state index in [9.17, 15) is 24.8 Å². The van der Waals surface area contributed by atoms with Crippen molar-refractivity contribution < 1.29 is 38.6 Å². The second kappa shape index (κ2) is 16.1. The van der Waals surface area contributed by atoms with Crippen LogP contribution < -0.4 is 30.3 Å². The van der Waals surface area contributed by atoms with Gasteiger partial charge in [-0.3, -0.25) is 15.5 Å². The molecule has 4 rings (SSSR count). The Morgan fingerprint density at radius 1 is 1.17 bits per heavy atom. The Hall–Kier alpha value is -4.86. The number of urea groups is 1. The number of hydrazone groups is 1. The van der Waals surface area contributed by atoms with Gasteiger partial charge in [0.1, 0.15) is 13.2 Å². The first-order chi connectivity index (χ1) is 22.5. The zero-order valence-electron chi connectivity index (χ0n) is 25.4. The molecule has 2 amide bonds. The van der Waals surface area contributed by atoms with Crippen LogP contribution in [-0.4, -0.2) is 54.8 Å². The van der Waals surface area contributed by atoms with Crippen LogP contribution in [0.1, 0.15) is 36.6 Å². The van der Waals surface area contributed by atoms with Crippen molar-refractivity contribution in [2.45, 2.75) is 32.7 Å². The Labute approximate surface area is 283 Å². The SMILES string of the molecule is CCOc1cc([C@H]2NC(=O)NC(C)=C2C(=O)OC)ccc1OC[C@H](O)N/N=C\c1cc(Cl)c(OCc2ccc([N+](=O)[O-])cc2)c(Br)c1. The van der Waals surface area contributed by atoms with Crippen LogP contribution in [0.15, 0.2) is 75.4 Å². The molecular formula is C31H31BrClN5O9. The summed E-state index contributed by atoms with van der Waals surface area (Å²) in [5.41, 5.74) is 5.07. The Kier molecular flexibility index (Phi) is 12.0. The van der Waals surface area contributed by atoms with Gasteiger partial charge < -0.3 is 34.7 Å². The van der Waals surface area contributed by atoms with E-state index in [4.69, 9.17) is 30.5 Å². The van der Waals surface area contributed by atoms with Gasteiger partial charge in [0.05, 0.1) is 46.0 Å². The van der Waals surface area contributed by atoms with E-state index in [-0.39, 0.29) is 24.5 Å². The van der Waals surface area contributed by atoms with Gasteiger partial charge in [0.25, 0.3) is 5.69 Å². The number of rotatable bonds is 14. The molecule has 0 fully saturated rings. The highest BCUT2D eigenvalue weighted by molar-refractivity contribution is 9.10. The van der Waals surface area contributed by atoms with E-state index in [1.807, 2.05) is 0 Å². The first-order valence-electron chi connectivity index (χ1n) is 14.1. The van der Waals surface area contributed by atoms with E-state index < -0.39 is 29.2 Å². The molecule has 3 aromatic rings. The summed E-state index contributed by atoms with van der Waals surface area (Å²) in [4.78, 5) is 35.0. The number of nitrogens with one attached hydrogen (secondary N) is 3. The third-order valence-electron chi connectivity index (χ3n) is 6.66. The molecule has 0 saturated heterocycles. The van der Waals surface area contributed by atoms with E-state index in [0.29, 0.717) is 50.2 Å². The van der Waals surface area contributed by atoms with Crippen molar-refractivity contribution in [2.75, 3.05) is 20.3 Å². The number of methoxy groups -OCH3 is 1. The first kappa shape index (κ1) is 35.0. The number of nitro benzene ring substituents is 1. The molecule has 248 valence electrons. The highest BCUT2D eigenvalue weighted by Gasteiger charge is 2.32. The van der Waals surface area contributed by atoms with Gasteiger partial charge >= 0.3 is 12.0 Å². The molecule has 0 radical (unpaired) electrons. The fourth-order valence-corrected chi connectivity index (χ4v) is 5.47. The van der Waals surface area contributed by atoms with Crippen molar-refractivity contribution in [2.24, 2.45) is 5.10 Å². The fraction of sp³-hybridized carbons (Fsp3) is 0.258. The van der Waals surface area contributed by atoms with Gasteiger partial charge in [0, 0.05) is 17.8 Å². The van der Waals surface area contributed by atoms with E-state index in [2.05, 4.69) is 37.1 Å². The molecule has 4 N–H and O–H groups in total. The summed E-state index contributed by atoms with van der Waals surface area (Å²) in [5.74, 6) is 0.452. The number of hydrogen-bond acceptors (Lipinski definition) is 11. The molecule has 0 aliphatic carbocycles. The summed E-state index contributed by atoms with van der Waals surface area (Å²) < 4.78 is 22.8. The zero-order valence-corrected chi connectivity index (χ0v) is 27.8. The molecule has 1 heterocycles. The number of nitro groups is 1. The highest BCUT2D eigenvalue weighted by atomic mass is 79.9. The third-order valence-corrected chi connectivity index (χ3v) is 7.53. The van der Waals surface area contributed by atoms with Crippen LogP contribution in [0.5, 0.6) is 17.2 Å². The molecule has 47 heavy (non-hydrogen) atoms. The molecule has 0 bridgehead atoms. The molecule has 0 saturated carbocycles. The van der Waals surface area contributed by atoms with Crippen LogP contribution in [0.2, 0.25) is 5.02 Å². The van der Waals surface area contributed by atoms with E-state index in [1.165, 1.54) is 25.5 Å². The number of carbonyl (C=O) groups is 2. The highest BCUT2D eigenvalue weighted by Crippen LogP contribution is 2.36. The summed E-state index contributed by atoms with van der Waals surface area (Å²) in [6, 6.07) is 13.0. The topological polar surface area (TPSA) is 183 Å². The predicted octanol–water partition coefficient (Wildman–Crippen LogP) is 5.11. The number of amides is 2. The average Bonchev–Trinajstić information content (AvgIpc) is 3.03. The number of hydrogen-bond donors (Lipinski definition) is 4. The van der Waals surface area contributed by atoms with Gasteiger partial charge in [0.2, 0.25) is 0 Å². The van der Waals surface area contributed by atoms with E-state index in [0.717, 1.165) is 5.56 Å². The van der Waals surface area contributed by atoms with Gasteiger partial charge in [-0.15, -0.1) is 0 Å². The minimum atomic E-state index is -1.20.